The van der Waals surface area contributed by atoms with E-state index in [1.807, 2.05) is 14.0 Å². The third kappa shape index (κ3) is 4.89. The average Bonchev–Trinajstić information content (AvgIpc) is 3.25. The summed E-state index contributed by atoms with van der Waals surface area (Å²) < 4.78 is 40.6. The van der Waals surface area contributed by atoms with Crippen LogP contribution in [0.1, 0.15) is 15.5 Å². The molecule has 0 saturated carbocycles. The lowest BCUT2D eigenvalue weighted by atomic mass is 10.1. The number of carbonyl (C=O) groups excluding carboxylic acids is 1. The van der Waals surface area contributed by atoms with Gasteiger partial charge >= 0.3 is 0 Å². The van der Waals surface area contributed by atoms with Gasteiger partial charge < -0.3 is 15.1 Å². The molecule has 5 rings (SSSR count). The second kappa shape index (κ2) is 9.82. The van der Waals surface area contributed by atoms with E-state index in [-0.39, 0.29) is 28.8 Å². The maximum absolute atomic E-state index is 13.7. The predicted molar refractivity (Wildman–Crippen MR) is 133 cm³/mol. The molecule has 1 saturated heterocycles. The first-order valence-electron chi connectivity index (χ1n) is 11.4. The second-order valence-corrected chi connectivity index (χ2v) is 9.93. The summed E-state index contributed by atoms with van der Waals surface area (Å²) in [5.41, 5.74) is 1.57. The Morgan fingerprint density at radius 3 is 2.56 bits per heavy atom. The van der Waals surface area contributed by atoms with Crippen molar-refractivity contribution in [1.29, 1.82) is 0 Å². The van der Waals surface area contributed by atoms with Crippen LogP contribution in [0.15, 0.2) is 42.6 Å². The number of fused-ring (bicyclic) bond motifs is 1. The number of aromatic nitrogens is 3. The third-order valence-electron chi connectivity index (χ3n) is 6.09. The van der Waals surface area contributed by atoms with Crippen LogP contribution in [0.4, 0.5) is 19.0 Å². The molecule has 2 aromatic heterocycles. The van der Waals surface area contributed by atoms with Crippen molar-refractivity contribution >= 4 is 34.1 Å². The number of rotatable bonds is 5. The van der Waals surface area contributed by atoms with Gasteiger partial charge in [-0.15, -0.1) is 11.3 Å². The molecule has 1 unspecified atom stereocenters. The number of anilines is 1. The Balaban J connectivity index is 1.38. The van der Waals surface area contributed by atoms with Crippen molar-refractivity contribution in [2.45, 2.75) is 13.0 Å². The number of hydrogen-bond acceptors (Lipinski definition) is 7. The number of halogens is 3. The zero-order valence-electron chi connectivity index (χ0n) is 19.6. The number of likely N-dealkylation sites (N-methyl/N-ethyl adjacent to an activating group) is 1. The molecule has 1 atom stereocenters. The highest BCUT2D eigenvalue weighted by atomic mass is 32.1. The second-order valence-electron chi connectivity index (χ2n) is 8.72. The molecule has 1 aliphatic heterocycles. The van der Waals surface area contributed by atoms with E-state index in [0.717, 1.165) is 22.7 Å². The maximum Gasteiger partial charge on any atom is 0.274 e. The zero-order valence-corrected chi connectivity index (χ0v) is 20.5. The minimum Gasteiger partial charge on any atom is -0.367 e. The van der Waals surface area contributed by atoms with Crippen LogP contribution in [0.3, 0.4) is 0 Å². The van der Waals surface area contributed by atoms with Gasteiger partial charge in [-0.25, -0.2) is 23.1 Å². The first-order valence-corrected chi connectivity index (χ1v) is 12.2. The molecule has 2 aromatic carbocycles. The average molecular weight is 513 g/mol. The highest BCUT2D eigenvalue weighted by Gasteiger charge is 2.32. The Morgan fingerprint density at radius 1 is 1.08 bits per heavy atom. The fourth-order valence-electron chi connectivity index (χ4n) is 4.27. The van der Waals surface area contributed by atoms with Crippen LogP contribution in [-0.4, -0.2) is 69.9 Å². The van der Waals surface area contributed by atoms with Gasteiger partial charge in [-0.05, 0) is 31.7 Å². The molecular formula is C25H23F3N6OS. The molecule has 0 spiro atoms. The summed E-state index contributed by atoms with van der Waals surface area (Å²) in [7, 11) is 1.99. The zero-order chi connectivity index (χ0) is 25.4. The highest BCUT2D eigenvalue weighted by Crippen LogP contribution is 2.32. The Kier molecular flexibility index (Phi) is 6.59. The topological polar surface area (TPSA) is 74.2 Å². The third-order valence-corrected chi connectivity index (χ3v) is 7.11. The molecule has 0 bridgehead atoms. The van der Waals surface area contributed by atoms with Crippen LogP contribution >= 0.6 is 11.3 Å². The van der Waals surface area contributed by atoms with Crippen molar-refractivity contribution in [2.24, 2.45) is 0 Å². The largest absolute Gasteiger partial charge is 0.367 e. The van der Waals surface area contributed by atoms with Crippen molar-refractivity contribution < 1.29 is 18.0 Å². The van der Waals surface area contributed by atoms with Gasteiger partial charge in [0.05, 0.1) is 33.2 Å². The lowest BCUT2D eigenvalue weighted by Crippen LogP contribution is -2.56. The number of piperazine rings is 1. The molecule has 186 valence electrons. The lowest BCUT2D eigenvalue weighted by molar-refractivity contribution is 0.0518. The number of amides is 1. The van der Waals surface area contributed by atoms with Gasteiger partial charge in [0.15, 0.2) is 11.6 Å². The Bertz CT molecular complexity index is 1430. The van der Waals surface area contributed by atoms with Crippen LogP contribution in [0.25, 0.3) is 21.5 Å². The van der Waals surface area contributed by atoms with E-state index in [1.165, 1.54) is 29.7 Å². The van der Waals surface area contributed by atoms with Gasteiger partial charge in [-0.1, -0.05) is 12.1 Å². The lowest BCUT2D eigenvalue weighted by Gasteiger charge is -2.40. The van der Waals surface area contributed by atoms with E-state index in [1.54, 1.807) is 17.0 Å². The molecule has 0 radical (unpaired) electrons. The van der Waals surface area contributed by atoms with Crippen molar-refractivity contribution in [3.05, 3.63) is 70.7 Å². The fourth-order valence-corrected chi connectivity index (χ4v) is 5.19. The molecule has 36 heavy (non-hydrogen) atoms. The number of aryl methyl sites for hydroxylation is 1. The molecule has 1 N–H and O–H groups in total. The summed E-state index contributed by atoms with van der Waals surface area (Å²) in [5.74, 6) is -2.11. The Morgan fingerprint density at radius 2 is 1.81 bits per heavy atom. The van der Waals surface area contributed by atoms with E-state index >= 15 is 0 Å². The monoisotopic (exact) mass is 512 g/mol. The number of thiazole rings is 1. The summed E-state index contributed by atoms with van der Waals surface area (Å²) >= 11 is 1.40. The smallest absolute Gasteiger partial charge is 0.274 e. The van der Waals surface area contributed by atoms with Gasteiger partial charge in [0.25, 0.3) is 5.91 Å². The van der Waals surface area contributed by atoms with Crippen molar-refractivity contribution in [3.63, 3.8) is 0 Å². The predicted octanol–water partition coefficient (Wildman–Crippen LogP) is 4.35. The summed E-state index contributed by atoms with van der Waals surface area (Å²) in [4.78, 5) is 31.3. The van der Waals surface area contributed by atoms with E-state index in [0.29, 0.717) is 42.6 Å². The van der Waals surface area contributed by atoms with Crippen LogP contribution in [0.2, 0.25) is 0 Å². The summed E-state index contributed by atoms with van der Waals surface area (Å²) in [6, 6.07) is 7.84. The quantitative estimate of drug-likeness (QED) is 0.429. The Hall–Kier alpha value is -3.57. The van der Waals surface area contributed by atoms with E-state index in [9.17, 15) is 18.0 Å². The van der Waals surface area contributed by atoms with Gasteiger partial charge in [0, 0.05) is 38.3 Å². The molecular weight excluding hydrogens is 489 g/mol. The van der Waals surface area contributed by atoms with E-state index in [2.05, 4.69) is 25.2 Å². The van der Waals surface area contributed by atoms with Crippen LogP contribution in [0, 0.1) is 24.4 Å². The molecule has 7 nitrogen and oxygen atoms in total. The summed E-state index contributed by atoms with van der Waals surface area (Å²) in [5, 5.41) is 3.93. The van der Waals surface area contributed by atoms with Crippen molar-refractivity contribution in [1.82, 2.24) is 24.8 Å². The number of carbonyl (C=O) groups is 1. The van der Waals surface area contributed by atoms with E-state index < -0.39 is 11.6 Å². The number of benzene rings is 2. The molecule has 0 aliphatic carbocycles. The molecule has 3 heterocycles. The van der Waals surface area contributed by atoms with E-state index in [4.69, 9.17) is 0 Å². The van der Waals surface area contributed by atoms with Crippen LogP contribution in [-0.2, 0) is 0 Å². The normalized spacial score (nSPS) is 16.5. The van der Waals surface area contributed by atoms with Crippen molar-refractivity contribution in [3.8, 4) is 10.4 Å². The van der Waals surface area contributed by atoms with Gasteiger partial charge in [0.2, 0.25) is 0 Å². The maximum atomic E-state index is 13.7. The molecule has 1 aliphatic rings. The van der Waals surface area contributed by atoms with Crippen LogP contribution < -0.4 is 5.32 Å². The van der Waals surface area contributed by atoms with Crippen LogP contribution in [0.5, 0.6) is 0 Å². The number of nitrogens with one attached hydrogen (secondary N) is 1. The molecule has 4 aromatic rings. The first kappa shape index (κ1) is 24.1. The van der Waals surface area contributed by atoms with Crippen molar-refractivity contribution in [2.75, 3.05) is 38.5 Å². The standard InChI is InChI=1S/C25H23F3N6OS/c1-14-31-23(24(36-14)15-3-5-16(26)6-4-15)25(35)34-8-7-33(2)13-17(34)11-30-22-12-29-20-9-18(27)19(28)10-21(20)32-22/h3-6,9-10,12,17H,7-8,11,13H2,1-2H3,(H,30,32). The number of hydrogen-bond donors (Lipinski definition) is 1. The Labute approximate surface area is 209 Å². The first-order chi connectivity index (χ1) is 17.3. The minimum absolute atomic E-state index is 0.194. The summed E-state index contributed by atoms with van der Waals surface area (Å²) in [6.45, 7) is 4.04. The van der Waals surface area contributed by atoms with Gasteiger partial charge in [0.1, 0.15) is 17.3 Å². The van der Waals surface area contributed by atoms with Gasteiger partial charge in [-0.3, -0.25) is 9.78 Å². The summed E-state index contributed by atoms with van der Waals surface area (Å²) in [6.07, 6.45) is 1.45. The fraction of sp³-hybridized carbons (Fsp3) is 0.280. The van der Waals surface area contributed by atoms with Gasteiger partial charge in [-0.2, -0.15) is 0 Å². The molecule has 11 heteroatoms. The number of nitrogens with zero attached hydrogens (tertiary/aromatic N) is 5. The molecule has 1 amide bonds. The minimum atomic E-state index is -0.991. The molecule has 1 fully saturated rings. The highest BCUT2D eigenvalue weighted by molar-refractivity contribution is 7.15. The SMILES string of the molecule is Cc1nc(C(=O)N2CCN(C)CC2CNc2cnc3cc(F)c(F)cc3n2)c(-c2ccc(F)cc2)s1.